The van der Waals surface area contributed by atoms with Crippen molar-refractivity contribution in [3.63, 3.8) is 0 Å². The minimum Gasteiger partial charge on any atom is -0.389 e. The van der Waals surface area contributed by atoms with Crippen molar-refractivity contribution in [3.8, 4) is 0 Å². The van der Waals surface area contributed by atoms with Crippen LogP contribution in [0.1, 0.15) is 31.5 Å². The predicted molar refractivity (Wildman–Crippen MR) is 96.5 cm³/mol. The van der Waals surface area contributed by atoms with Crippen molar-refractivity contribution < 1.29 is 23.0 Å². The van der Waals surface area contributed by atoms with E-state index in [1.165, 1.54) is 0 Å². The molecule has 1 heterocycles. The van der Waals surface area contributed by atoms with Gasteiger partial charge in [0, 0.05) is 31.5 Å². The highest BCUT2D eigenvalue weighted by Crippen LogP contribution is 2.29. The number of aliphatic hydroxyl groups excluding tert-OH is 1. The number of thiazole rings is 1. The Hall–Kier alpha value is -1.39. The van der Waals surface area contributed by atoms with Crippen LogP contribution < -0.4 is 10.6 Å². The molecule has 0 bridgehead atoms. The molecule has 10 heteroatoms. The minimum atomic E-state index is -4.41. The summed E-state index contributed by atoms with van der Waals surface area (Å²) >= 11 is 0.983. The van der Waals surface area contributed by atoms with Gasteiger partial charge in [0.15, 0.2) is 11.7 Å². The summed E-state index contributed by atoms with van der Waals surface area (Å²) < 4.78 is 42.9. The molecule has 0 saturated heterocycles. The van der Waals surface area contributed by atoms with Gasteiger partial charge in [-0.25, -0.2) is 4.98 Å². The van der Waals surface area contributed by atoms with E-state index in [9.17, 15) is 18.3 Å². The van der Waals surface area contributed by atoms with E-state index in [1.807, 2.05) is 20.8 Å². The Balaban J connectivity index is 2.41. The minimum absolute atomic E-state index is 0.170. The summed E-state index contributed by atoms with van der Waals surface area (Å²) in [5.41, 5.74) is -0.859. The van der Waals surface area contributed by atoms with Gasteiger partial charge in [0.05, 0.1) is 24.3 Å². The number of hydrogen-bond acceptors (Lipinski definition) is 5. The van der Waals surface area contributed by atoms with Gasteiger partial charge in [0.1, 0.15) is 0 Å². The third-order valence-electron chi connectivity index (χ3n) is 3.04. The Morgan fingerprint density at radius 2 is 2.08 bits per heavy atom. The Bertz CT molecular complexity index is 550. The fourth-order valence-corrected chi connectivity index (χ4v) is 2.68. The summed E-state index contributed by atoms with van der Waals surface area (Å²) in [5, 5.41) is 17.3. The normalized spacial score (nSPS) is 13.9. The molecule has 6 nitrogen and oxygen atoms in total. The average Bonchev–Trinajstić information content (AvgIpc) is 3.01. The summed E-state index contributed by atoms with van der Waals surface area (Å²) in [6.07, 6.45) is -4.77. The van der Waals surface area contributed by atoms with Crippen molar-refractivity contribution in [2.75, 3.05) is 32.8 Å². The molecule has 1 unspecified atom stereocenters. The van der Waals surface area contributed by atoms with Crippen LogP contribution in [0.3, 0.4) is 0 Å². The monoisotopic (exact) mass is 396 g/mol. The summed E-state index contributed by atoms with van der Waals surface area (Å²) in [4.78, 5) is 7.84. The van der Waals surface area contributed by atoms with E-state index in [1.54, 1.807) is 0 Å². The Morgan fingerprint density at radius 1 is 1.35 bits per heavy atom. The molecule has 1 aromatic heterocycles. The summed E-state index contributed by atoms with van der Waals surface area (Å²) in [6.45, 7) is 7.92. The lowest BCUT2D eigenvalue weighted by molar-refractivity contribution is -0.140. The third kappa shape index (κ3) is 9.35. The van der Waals surface area contributed by atoms with E-state index in [-0.39, 0.29) is 13.2 Å². The first-order valence-corrected chi connectivity index (χ1v) is 9.39. The van der Waals surface area contributed by atoms with E-state index >= 15 is 0 Å². The van der Waals surface area contributed by atoms with Gasteiger partial charge in [-0.3, -0.25) is 4.99 Å². The van der Waals surface area contributed by atoms with Gasteiger partial charge in [-0.15, -0.1) is 11.3 Å². The molecule has 0 aliphatic carbocycles. The highest BCUT2D eigenvalue weighted by molar-refractivity contribution is 7.09. The Morgan fingerprint density at radius 3 is 2.65 bits per heavy atom. The number of rotatable bonds is 10. The molecule has 0 spiro atoms. The van der Waals surface area contributed by atoms with Crippen LogP contribution in [0.2, 0.25) is 0 Å². The summed E-state index contributed by atoms with van der Waals surface area (Å²) in [5.74, 6) is 0.886. The van der Waals surface area contributed by atoms with Crippen molar-refractivity contribution in [3.05, 3.63) is 16.1 Å². The Kier molecular flexibility index (Phi) is 9.89. The zero-order valence-corrected chi connectivity index (χ0v) is 16.1. The second kappa shape index (κ2) is 11.3. The van der Waals surface area contributed by atoms with Crippen molar-refractivity contribution >= 4 is 17.3 Å². The van der Waals surface area contributed by atoms with E-state index in [0.29, 0.717) is 43.0 Å². The van der Waals surface area contributed by atoms with Crippen LogP contribution in [0.15, 0.2) is 10.4 Å². The SMILES string of the molecule is CCNC(=NCC(O)COCC(C)C)NCCc1nc(C(F)(F)F)cs1. The van der Waals surface area contributed by atoms with Crippen LogP contribution in [0, 0.1) is 5.92 Å². The number of aliphatic imine (C=N–C) groups is 1. The fourth-order valence-electron chi connectivity index (χ4n) is 1.87. The lowest BCUT2D eigenvalue weighted by Crippen LogP contribution is -2.39. The maximum atomic E-state index is 12.5. The zero-order valence-electron chi connectivity index (χ0n) is 15.3. The van der Waals surface area contributed by atoms with Crippen LogP contribution in [-0.4, -0.2) is 55.0 Å². The number of guanidine groups is 1. The lowest BCUT2D eigenvalue weighted by atomic mass is 10.2. The largest absolute Gasteiger partial charge is 0.434 e. The molecule has 0 aromatic carbocycles. The molecule has 0 aliphatic rings. The summed E-state index contributed by atoms with van der Waals surface area (Å²) in [7, 11) is 0. The van der Waals surface area contributed by atoms with Crippen molar-refractivity contribution in [2.24, 2.45) is 10.9 Å². The molecule has 3 N–H and O–H groups in total. The number of aliphatic hydroxyl groups is 1. The number of nitrogens with zero attached hydrogens (tertiary/aromatic N) is 2. The standard InChI is InChI=1S/C16H27F3N4O2S/c1-4-20-15(22-7-12(24)9-25-8-11(2)3)21-6-5-14-23-13(10-26-14)16(17,18)19/h10-12,24H,4-9H2,1-3H3,(H2,20,21,22). The first-order chi connectivity index (χ1) is 12.2. The molecule has 0 aliphatic heterocycles. The van der Waals surface area contributed by atoms with Gasteiger partial charge in [0.2, 0.25) is 0 Å². The van der Waals surface area contributed by atoms with Gasteiger partial charge in [-0.1, -0.05) is 13.8 Å². The highest BCUT2D eigenvalue weighted by Gasteiger charge is 2.33. The molecule has 0 saturated carbocycles. The quantitative estimate of drug-likeness (QED) is 0.418. The van der Waals surface area contributed by atoms with Crippen LogP contribution in [0.5, 0.6) is 0 Å². The number of aromatic nitrogens is 1. The van der Waals surface area contributed by atoms with E-state index in [4.69, 9.17) is 4.74 Å². The predicted octanol–water partition coefficient (Wildman–Crippen LogP) is 2.29. The van der Waals surface area contributed by atoms with Crippen molar-refractivity contribution in [2.45, 2.75) is 39.5 Å². The van der Waals surface area contributed by atoms with E-state index in [0.717, 1.165) is 16.7 Å². The molecule has 0 radical (unpaired) electrons. The molecule has 0 fully saturated rings. The van der Waals surface area contributed by atoms with Crippen molar-refractivity contribution in [1.82, 2.24) is 15.6 Å². The van der Waals surface area contributed by atoms with Crippen LogP contribution >= 0.6 is 11.3 Å². The van der Waals surface area contributed by atoms with Gasteiger partial charge in [-0.05, 0) is 12.8 Å². The third-order valence-corrected chi connectivity index (χ3v) is 3.95. The number of ether oxygens (including phenoxy) is 1. The van der Waals surface area contributed by atoms with E-state index < -0.39 is 18.0 Å². The number of nitrogens with one attached hydrogen (secondary N) is 2. The Labute approximate surface area is 155 Å². The smallest absolute Gasteiger partial charge is 0.389 e. The molecule has 150 valence electrons. The maximum absolute atomic E-state index is 12.5. The van der Waals surface area contributed by atoms with Gasteiger partial charge in [0.25, 0.3) is 0 Å². The van der Waals surface area contributed by atoms with Crippen LogP contribution in [-0.2, 0) is 17.3 Å². The number of hydrogen-bond donors (Lipinski definition) is 3. The van der Waals surface area contributed by atoms with E-state index in [2.05, 4.69) is 20.6 Å². The maximum Gasteiger partial charge on any atom is 0.434 e. The molecule has 1 rings (SSSR count). The van der Waals surface area contributed by atoms with Crippen LogP contribution in [0.4, 0.5) is 13.2 Å². The first-order valence-electron chi connectivity index (χ1n) is 8.52. The van der Waals surface area contributed by atoms with Gasteiger partial charge in [-0.2, -0.15) is 13.2 Å². The fraction of sp³-hybridized carbons (Fsp3) is 0.750. The highest BCUT2D eigenvalue weighted by atomic mass is 32.1. The summed E-state index contributed by atoms with van der Waals surface area (Å²) in [6, 6.07) is 0. The van der Waals surface area contributed by atoms with Crippen molar-refractivity contribution in [1.29, 1.82) is 0 Å². The molecular formula is C16H27F3N4O2S. The van der Waals surface area contributed by atoms with Crippen LogP contribution in [0.25, 0.3) is 0 Å². The first kappa shape index (κ1) is 22.7. The molecule has 1 atom stereocenters. The number of alkyl halides is 3. The molecule has 0 amide bonds. The van der Waals surface area contributed by atoms with Gasteiger partial charge < -0.3 is 20.5 Å². The lowest BCUT2D eigenvalue weighted by Gasteiger charge is -2.13. The zero-order chi connectivity index (χ0) is 19.6. The van der Waals surface area contributed by atoms with Gasteiger partial charge >= 0.3 is 6.18 Å². The average molecular weight is 396 g/mol. The molecule has 1 aromatic rings. The second-order valence-corrected chi connectivity index (χ2v) is 7.05. The second-order valence-electron chi connectivity index (χ2n) is 6.11. The molecular weight excluding hydrogens is 369 g/mol. The number of halogens is 3. The topological polar surface area (TPSA) is 78.8 Å². The molecule has 26 heavy (non-hydrogen) atoms.